The van der Waals surface area contributed by atoms with Crippen LogP contribution in [0.2, 0.25) is 0 Å². The van der Waals surface area contributed by atoms with Crippen LogP contribution in [-0.2, 0) is 13.5 Å². The first-order valence-corrected chi connectivity index (χ1v) is 9.74. The fraction of sp³-hybridized carbons (Fsp3) is 0.476. The summed E-state index contributed by atoms with van der Waals surface area (Å²) in [5.41, 5.74) is 4.07. The summed E-state index contributed by atoms with van der Waals surface area (Å²) in [5, 5.41) is 14.0. The second-order valence-electron chi connectivity index (χ2n) is 7.01. The predicted octanol–water partition coefficient (Wildman–Crippen LogP) is 2.19. The summed E-state index contributed by atoms with van der Waals surface area (Å²) in [6.07, 6.45) is 0.860. The lowest BCUT2D eigenvalue weighted by atomic mass is 10.1. The summed E-state index contributed by atoms with van der Waals surface area (Å²) < 4.78 is 7.06. The van der Waals surface area contributed by atoms with E-state index in [2.05, 4.69) is 39.9 Å². The summed E-state index contributed by atoms with van der Waals surface area (Å²) in [5.74, 6) is 1.23. The number of methoxy groups -OCH3 is 1. The van der Waals surface area contributed by atoms with Gasteiger partial charge in [0.05, 0.1) is 12.8 Å². The van der Waals surface area contributed by atoms with Crippen LogP contribution in [0.3, 0.4) is 0 Å². The molecule has 0 fully saturated rings. The van der Waals surface area contributed by atoms with Gasteiger partial charge >= 0.3 is 0 Å². The Kier molecular flexibility index (Phi) is 10.6. The third-order valence-electron chi connectivity index (χ3n) is 4.81. The molecule has 1 aromatic carbocycles. The summed E-state index contributed by atoms with van der Waals surface area (Å²) in [6.45, 7) is 7.27. The monoisotopic (exact) mass is 528 g/mol. The number of benzene rings is 1. The first kappa shape index (κ1) is 25.7. The number of guanidine groups is 1. The molecule has 0 aliphatic heterocycles. The van der Waals surface area contributed by atoms with Gasteiger partial charge in [0.2, 0.25) is 0 Å². The van der Waals surface area contributed by atoms with Crippen molar-refractivity contribution in [3.8, 4) is 5.75 Å². The number of nitrogens with one attached hydrogen (secondary N) is 3. The molecule has 0 saturated carbocycles. The van der Waals surface area contributed by atoms with Crippen LogP contribution in [0.1, 0.15) is 34.2 Å². The van der Waals surface area contributed by atoms with Gasteiger partial charge in [0, 0.05) is 44.5 Å². The number of hydrogen-bond acceptors (Lipinski definition) is 4. The van der Waals surface area contributed by atoms with Crippen molar-refractivity contribution in [2.24, 2.45) is 12.0 Å². The van der Waals surface area contributed by atoms with E-state index in [0.29, 0.717) is 30.4 Å². The molecule has 8 nitrogen and oxygen atoms in total. The van der Waals surface area contributed by atoms with Crippen molar-refractivity contribution in [2.45, 2.75) is 33.2 Å². The van der Waals surface area contributed by atoms with Crippen LogP contribution >= 0.6 is 24.0 Å². The Hall–Kier alpha value is -2.30. The number of hydrogen-bond donors (Lipinski definition) is 3. The number of carbonyl (C=O) groups is 1. The van der Waals surface area contributed by atoms with E-state index >= 15 is 0 Å². The molecule has 0 bridgehead atoms. The summed E-state index contributed by atoms with van der Waals surface area (Å²) in [7, 11) is 5.28. The highest BCUT2D eigenvalue weighted by atomic mass is 127. The van der Waals surface area contributed by atoms with Gasteiger partial charge in [0.1, 0.15) is 5.75 Å². The van der Waals surface area contributed by atoms with E-state index in [-0.39, 0.29) is 35.9 Å². The van der Waals surface area contributed by atoms with Gasteiger partial charge in [-0.1, -0.05) is 6.07 Å². The van der Waals surface area contributed by atoms with Gasteiger partial charge in [-0.2, -0.15) is 5.10 Å². The summed E-state index contributed by atoms with van der Waals surface area (Å²) in [6, 6.07) is 7.27. The Morgan fingerprint density at radius 3 is 2.57 bits per heavy atom. The van der Waals surface area contributed by atoms with Crippen molar-refractivity contribution in [3.63, 3.8) is 0 Å². The van der Waals surface area contributed by atoms with Crippen molar-refractivity contribution < 1.29 is 9.53 Å². The Bertz CT molecular complexity index is 865. The number of nitrogens with zero attached hydrogens (tertiary/aromatic N) is 3. The molecule has 2 rings (SSSR count). The molecule has 1 aromatic heterocycles. The normalized spacial score (nSPS) is 12.0. The molecular formula is C21H33IN6O2. The van der Waals surface area contributed by atoms with Crippen molar-refractivity contribution in [2.75, 3.05) is 27.2 Å². The Morgan fingerprint density at radius 2 is 1.97 bits per heavy atom. The van der Waals surface area contributed by atoms with Crippen molar-refractivity contribution in [1.82, 2.24) is 25.7 Å². The maximum atomic E-state index is 12.2. The molecular weight excluding hydrogens is 495 g/mol. The molecule has 1 unspecified atom stereocenters. The van der Waals surface area contributed by atoms with Crippen LogP contribution in [-0.4, -0.2) is 54.9 Å². The lowest BCUT2D eigenvalue weighted by molar-refractivity contribution is 0.0954. The SMILES string of the molecule is CN=C(NCCNC(=O)c1cccc(OC)c1)NC(C)Cc1c(C)nn(C)c1C.I. The quantitative estimate of drug-likeness (QED) is 0.212. The third-order valence-corrected chi connectivity index (χ3v) is 4.81. The predicted molar refractivity (Wildman–Crippen MR) is 131 cm³/mol. The Balaban J connectivity index is 0.00000450. The van der Waals surface area contributed by atoms with Gasteiger partial charge in [-0.15, -0.1) is 24.0 Å². The minimum Gasteiger partial charge on any atom is -0.497 e. The van der Waals surface area contributed by atoms with Gasteiger partial charge < -0.3 is 20.7 Å². The van der Waals surface area contributed by atoms with E-state index in [1.165, 1.54) is 11.3 Å². The number of rotatable bonds is 8. The van der Waals surface area contributed by atoms with Crippen LogP contribution in [0.4, 0.5) is 0 Å². The average molecular weight is 528 g/mol. The third kappa shape index (κ3) is 7.19. The molecule has 9 heteroatoms. The number of aromatic nitrogens is 2. The maximum absolute atomic E-state index is 12.2. The first-order valence-electron chi connectivity index (χ1n) is 9.74. The Labute approximate surface area is 195 Å². The number of amides is 1. The topological polar surface area (TPSA) is 92.6 Å². The number of aliphatic imine (C=N–C) groups is 1. The van der Waals surface area contributed by atoms with E-state index in [0.717, 1.165) is 12.1 Å². The van der Waals surface area contributed by atoms with Crippen LogP contribution < -0.4 is 20.7 Å². The molecule has 1 heterocycles. The minimum atomic E-state index is -0.135. The fourth-order valence-electron chi connectivity index (χ4n) is 3.12. The molecule has 0 aliphatic carbocycles. The second-order valence-corrected chi connectivity index (χ2v) is 7.01. The highest BCUT2D eigenvalue weighted by molar-refractivity contribution is 14.0. The maximum Gasteiger partial charge on any atom is 0.251 e. The Morgan fingerprint density at radius 1 is 1.27 bits per heavy atom. The zero-order valence-electron chi connectivity index (χ0n) is 18.6. The molecule has 166 valence electrons. The van der Waals surface area contributed by atoms with Crippen LogP contribution in [0.5, 0.6) is 5.75 Å². The number of carbonyl (C=O) groups excluding carboxylic acids is 1. The summed E-state index contributed by atoms with van der Waals surface area (Å²) >= 11 is 0. The van der Waals surface area contributed by atoms with Crippen molar-refractivity contribution in [1.29, 1.82) is 0 Å². The van der Waals surface area contributed by atoms with Gasteiger partial charge in [-0.3, -0.25) is 14.5 Å². The standard InChI is InChI=1S/C21H32N6O2.HI/c1-14(12-19-15(2)26-27(5)16(19)3)25-21(22-4)24-11-10-23-20(28)17-8-7-9-18(13-17)29-6;/h7-9,13-14H,10-12H2,1-6H3,(H,23,28)(H2,22,24,25);1H. The van der Waals surface area contributed by atoms with E-state index in [4.69, 9.17) is 4.74 Å². The fourth-order valence-corrected chi connectivity index (χ4v) is 3.12. The van der Waals surface area contributed by atoms with Crippen LogP contribution in [0.25, 0.3) is 0 Å². The lowest BCUT2D eigenvalue weighted by Gasteiger charge is -2.18. The molecule has 0 aliphatic rings. The van der Waals surface area contributed by atoms with Crippen LogP contribution in [0, 0.1) is 13.8 Å². The number of ether oxygens (including phenoxy) is 1. The van der Waals surface area contributed by atoms with Gasteiger partial charge in [0.15, 0.2) is 5.96 Å². The van der Waals surface area contributed by atoms with Gasteiger partial charge in [0.25, 0.3) is 5.91 Å². The van der Waals surface area contributed by atoms with Crippen molar-refractivity contribution in [3.05, 3.63) is 46.8 Å². The van der Waals surface area contributed by atoms with Gasteiger partial charge in [-0.05, 0) is 51.0 Å². The second kappa shape index (κ2) is 12.4. The smallest absolute Gasteiger partial charge is 0.251 e. The average Bonchev–Trinajstić information content (AvgIpc) is 2.95. The zero-order valence-corrected chi connectivity index (χ0v) is 20.9. The van der Waals surface area contributed by atoms with Crippen LogP contribution in [0.15, 0.2) is 29.3 Å². The molecule has 3 N–H and O–H groups in total. The first-order chi connectivity index (χ1) is 13.8. The molecule has 1 atom stereocenters. The van der Waals surface area contributed by atoms with Gasteiger partial charge in [-0.25, -0.2) is 0 Å². The zero-order chi connectivity index (χ0) is 21.4. The largest absolute Gasteiger partial charge is 0.497 e. The highest BCUT2D eigenvalue weighted by Gasteiger charge is 2.14. The molecule has 0 saturated heterocycles. The summed E-state index contributed by atoms with van der Waals surface area (Å²) in [4.78, 5) is 16.5. The molecule has 1 amide bonds. The van der Waals surface area contributed by atoms with E-state index in [1.54, 1.807) is 32.4 Å². The van der Waals surface area contributed by atoms with E-state index in [9.17, 15) is 4.79 Å². The molecule has 0 spiro atoms. The molecule has 30 heavy (non-hydrogen) atoms. The number of halogens is 1. The van der Waals surface area contributed by atoms with Crippen molar-refractivity contribution >= 4 is 35.8 Å². The lowest BCUT2D eigenvalue weighted by Crippen LogP contribution is -2.45. The molecule has 2 aromatic rings. The highest BCUT2D eigenvalue weighted by Crippen LogP contribution is 2.14. The minimum absolute atomic E-state index is 0. The molecule has 0 radical (unpaired) electrons. The number of aryl methyl sites for hydroxylation is 2. The van der Waals surface area contributed by atoms with E-state index < -0.39 is 0 Å². The van der Waals surface area contributed by atoms with E-state index in [1.807, 2.05) is 24.7 Å².